The zero-order chi connectivity index (χ0) is 20.9. The SMILES string of the molecule is COc1cccc(Cc2nsc(N3CCN(CCNC(=O)C(C)(C)C)CC3)n2)c1. The number of ether oxygens (including phenoxy) is 1. The number of amides is 1. The van der Waals surface area contributed by atoms with Crippen molar-refractivity contribution in [2.24, 2.45) is 5.41 Å². The average molecular weight is 418 g/mol. The second-order valence-electron chi connectivity index (χ2n) is 8.36. The molecular weight excluding hydrogens is 386 g/mol. The highest BCUT2D eigenvalue weighted by molar-refractivity contribution is 7.09. The smallest absolute Gasteiger partial charge is 0.225 e. The van der Waals surface area contributed by atoms with E-state index in [4.69, 9.17) is 9.72 Å². The quantitative estimate of drug-likeness (QED) is 0.746. The second-order valence-corrected chi connectivity index (χ2v) is 9.09. The maximum Gasteiger partial charge on any atom is 0.225 e. The van der Waals surface area contributed by atoms with Crippen LogP contribution in [0.25, 0.3) is 0 Å². The third-order valence-corrected chi connectivity index (χ3v) is 5.81. The van der Waals surface area contributed by atoms with Gasteiger partial charge in [0, 0.05) is 62.6 Å². The molecule has 1 saturated heterocycles. The van der Waals surface area contributed by atoms with Gasteiger partial charge in [0.2, 0.25) is 11.0 Å². The number of carbonyl (C=O) groups excluding carboxylic acids is 1. The Morgan fingerprint density at radius 3 is 2.69 bits per heavy atom. The Morgan fingerprint density at radius 2 is 2.00 bits per heavy atom. The number of rotatable bonds is 7. The first-order chi connectivity index (χ1) is 13.8. The van der Waals surface area contributed by atoms with Crippen LogP contribution in [0.3, 0.4) is 0 Å². The highest BCUT2D eigenvalue weighted by atomic mass is 32.1. The van der Waals surface area contributed by atoms with Crippen LogP contribution in [0.15, 0.2) is 24.3 Å². The molecule has 7 nitrogen and oxygen atoms in total. The number of hydrogen-bond acceptors (Lipinski definition) is 7. The molecule has 158 valence electrons. The number of methoxy groups -OCH3 is 1. The largest absolute Gasteiger partial charge is 0.497 e. The minimum Gasteiger partial charge on any atom is -0.497 e. The third kappa shape index (κ3) is 6.14. The van der Waals surface area contributed by atoms with Crippen molar-refractivity contribution in [3.63, 3.8) is 0 Å². The zero-order valence-corrected chi connectivity index (χ0v) is 18.6. The first-order valence-corrected chi connectivity index (χ1v) is 10.8. The van der Waals surface area contributed by atoms with E-state index in [-0.39, 0.29) is 11.3 Å². The lowest BCUT2D eigenvalue weighted by Crippen LogP contribution is -2.49. The summed E-state index contributed by atoms with van der Waals surface area (Å²) in [6.45, 7) is 11.2. The second kappa shape index (κ2) is 9.54. The van der Waals surface area contributed by atoms with Crippen LogP contribution in [-0.4, -0.2) is 66.5 Å². The van der Waals surface area contributed by atoms with Gasteiger partial charge in [-0.15, -0.1) is 0 Å². The fraction of sp³-hybridized carbons (Fsp3) is 0.571. The number of piperazine rings is 1. The minimum absolute atomic E-state index is 0.105. The first-order valence-electron chi connectivity index (χ1n) is 10.1. The van der Waals surface area contributed by atoms with Crippen LogP contribution < -0.4 is 15.0 Å². The Hall–Kier alpha value is -2.19. The van der Waals surface area contributed by atoms with Crippen LogP contribution in [0.2, 0.25) is 0 Å². The topological polar surface area (TPSA) is 70.6 Å². The molecule has 0 radical (unpaired) electrons. The summed E-state index contributed by atoms with van der Waals surface area (Å²) in [5.41, 5.74) is 0.815. The van der Waals surface area contributed by atoms with Gasteiger partial charge in [0.1, 0.15) is 11.6 Å². The summed E-state index contributed by atoms with van der Waals surface area (Å²) < 4.78 is 9.83. The van der Waals surface area contributed by atoms with Gasteiger partial charge in [-0.25, -0.2) is 4.98 Å². The zero-order valence-electron chi connectivity index (χ0n) is 17.8. The maximum atomic E-state index is 12.0. The lowest BCUT2D eigenvalue weighted by Gasteiger charge is -2.34. The predicted molar refractivity (Wildman–Crippen MR) is 117 cm³/mol. The van der Waals surface area contributed by atoms with Crippen molar-refractivity contribution in [2.75, 3.05) is 51.3 Å². The molecule has 1 fully saturated rings. The monoisotopic (exact) mass is 417 g/mol. The minimum atomic E-state index is -0.334. The lowest BCUT2D eigenvalue weighted by atomic mass is 9.96. The molecule has 8 heteroatoms. The molecule has 1 aromatic carbocycles. The number of hydrogen-bond donors (Lipinski definition) is 1. The van der Waals surface area contributed by atoms with Gasteiger partial charge < -0.3 is 15.0 Å². The van der Waals surface area contributed by atoms with E-state index in [1.807, 2.05) is 39.0 Å². The number of benzene rings is 1. The Labute approximate surface area is 177 Å². The van der Waals surface area contributed by atoms with Gasteiger partial charge in [-0.1, -0.05) is 32.9 Å². The van der Waals surface area contributed by atoms with E-state index in [0.29, 0.717) is 13.0 Å². The van der Waals surface area contributed by atoms with Gasteiger partial charge in [-0.2, -0.15) is 4.37 Å². The number of nitrogens with zero attached hydrogens (tertiary/aromatic N) is 4. The molecule has 0 spiro atoms. The molecule has 2 aromatic rings. The van der Waals surface area contributed by atoms with Crippen molar-refractivity contribution in [1.29, 1.82) is 0 Å². The maximum absolute atomic E-state index is 12.0. The molecule has 0 atom stereocenters. The molecule has 0 saturated carbocycles. The summed E-state index contributed by atoms with van der Waals surface area (Å²) in [6.07, 6.45) is 0.709. The Morgan fingerprint density at radius 1 is 1.24 bits per heavy atom. The number of anilines is 1. The summed E-state index contributed by atoms with van der Waals surface area (Å²) in [7, 11) is 1.68. The summed E-state index contributed by atoms with van der Waals surface area (Å²) >= 11 is 1.47. The molecule has 1 N–H and O–H groups in total. The Balaban J connectivity index is 1.45. The molecule has 1 aromatic heterocycles. The van der Waals surface area contributed by atoms with Gasteiger partial charge in [-0.05, 0) is 17.7 Å². The molecule has 29 heavy (non-hydrogen) atoms. The van der Waals surface area contributed by atoms with Gasteiger partial charge in [-0.3, -0.25) is 9.69 Å². The van der Waals surface area contributed by atoms with Crippen LogP contribution in [0.5, 0.6) is 5.75 Å². The Kier molecular flexibility index (Phi) is 7.08. The molecule has 1 aliphatic rings. The highest BCUT2D eigenvalue weighted by Gasteiger charge is 2.22. The summed E-state index contributed by atoms with van der Waals surface area (Å²) in [6, 6.07) is 8.03. The van der Waals surface area contributed by atoms with E-state index in [0.717, 1.165) is 55.0 Å². The number of aromatic nitrogens is 2. The summed E-state index contributed by atoms with van der Waals surface area (Å²) in [5, 5.41) is 4.01. The van der Waals surface area contributed by atoms with Crippen molar-refractivity contribution >= 4 is 22.6 Å². The molecule has 3 rings (SSSR count). The Bertz CT molecular complexity index is 809. The highest BCUT2D eigenvalue weighted by Crippen LogP contribution is 2.21. The summed E-state index contributed by atoms with van der Waals surface area (Å²) in [4.78, 5) is 21.4. The van der Waals surface area contributed by atoms with Gasteiger partial charge >= 0.3 is 0 Å². The van der Waals surface area contributed by atoms with Crippen molar-refractivity contribution < 1.29 is 9.53 Å². The van der Waals surface area contributed by atoms with Crippen molar-refractivity contribution in [3.05, 3.63) is 35.7 Å². The molecule has 0 aliphatic carbocycles. The number of carbonyl (C=O) groups is 1. The molecule has 2 heterocycles. The van der Waals surface area contributed by atoms with E-state index < -0.39 is 0 Å². The van der Waals surface area contributed by atoms with Gasteiger partial charge in [0.15, 0.2) is 0 Å². The van der Waals surface area contributed by atoms with Crippen LogP contribution in [0.4, 0.5) is 5.13 Å². The third-order valence-electron chi connectivity index (χ3n) is 4.99. The van der Waals surface area contributed by atoms with Gasteiger partial charge in [0.25, 0.3) is 0 Å². The molecule has 1 amide bonds. The van der Waals surface area contributed by atoms with Crippen LogP contribution in [-0.2, 0) is 11.2 Å². The normalized spacial score (nSPS) is 15.4. The van der Waals surface area contributed by atoms with E-state index in [1.54, 1.807) is 7.11 Å². The predicted octanol–water partition coefficient (Wildman–Crippen LogP) is 2.42. The fourth-order valence-corrected chi connectivity index (χ4v) is 3.90. The van der Waals surface area contributed by atoms with Crippen molar-refractivity contribution in [3.8, 4) is 5.75 Å². The average Bonchev–Trinajstić information content (AvgIpc) is 3.16. The van der Waals surface area contributed by atoms with Crippen LogP contribution >= 0.6 is 11.5 Å². The van der Waals surface area contributed by atoms with Crippen LogP contribution in [0, 0.1) is 5.41 Å². The number of nitrogens with one attached hydrogen (secondary N) is 1. The van der Waals surface area contributed by atoms with Crippen molar-refractivity contribution in [1.82, 2.24) is 19.6 Å². The van der Waals surface area contributed by atoms with Gasteiger partial charge in [0.05, 0.1) is 7.11 Å². The molecule has 1 aliphatic heterocycles. The van der Waals surface area contributed by atoms with E-state index in [2.05, 4.69) is 25.6 Å². The first kappa shape index (κ1) is 21.5. The summed E-state index contributed by atoms with van der Waals surface area (Å²) in [5.74, 6) is 1.81. The molecule has 0 unspecified atom stereocenters. The van der Waals surface area contributed by atoms with E-state index in [1.165, 1.54) is 11.5 Å². The fourth-order valence-electron chi connectivity index (χ4n) is 3.17. The standard InChI is InChI=1S/C21H31N5O2S/c1-21(2,3)19(27)22-8-9-25-10-12-26(13-11-25)20-23-18(24-29-20)15-16-6-5-7-17(14-16)28-4/h5-7,14H,8-13,15H2,1-4H3,(H,22,27). The molecule has 0 bridgehead atoms. The van der Waals surface area contributed by atoms with E-state index in [9.17, 15) is 4.79 Å². The van der Waals surface area contributed by atoms with Crippen molar-refractivity contribution in [2.45, 2.75) is 27.2 Å². The van der Waals surface area contributed by atoms with E-state index >= 15 is 0 Å². The van der Waals surface area contributed by atoms with Crippen LogP contribution in [0.1, 0.15) is 32.2 Å². The molecular formula is C21H31N5O2S. The lowest BCUT2D eigenvalue weighted by molar-refractivity contribution is -0.128.